The van der Waals surface area contributed by atoms with Crippen molar-refractivity contribution in [3.63, 3.8) is 0 Å². The lowest BCUT2D eigenvalue weighted by atomic mass is 10.2. The second kappa shape index (κ2) is 10.1. The molecule has 8 nitrogen and oxygen atoms in total. The molecule has 2 aromatic carbocycles. The van der Waals surface area contributed by atoms with Gasteiger partial charge >= 0.3 is 17.6 Å². The highest BCUT2D eigenvalue weighted by Crippen LogP contribution is 2.35. The van der Waals surface area contributed by atoms with Gasteiger partial charge in [-0.25, -0.2) is 14.4 Å². The Morgan fingerprint density at radius 2 is 1.68 bits per heavy atom. The summed E-state index contributed by atoms with van der Waals surface area (Å²) in [6.07, 6.45) is 0. The molecule has 0 saturated carbocycles. The summed E-state index contributed by atoms with van der Waals surface area (Å²) in [6.45, 7) is 1.20. The van der Waals surface area contributed by atoms with E-state index < -0.39 is 30.1 Å². The zero-order valence-corrected chi connectivity index (χ0v) is 18.8. The van der Waals surface area contributed by atoms with Crippen molar-refractivity contribution in [3.8, 4) is 10.4 Å². The standard InChI is InChI=1S/C25H19NO7S/c1-2-31-25(30)22-18(13-20(34-22)15-8-4-3-5-9-15)26-21(27)14-32-23(28)17-12-16-10-6-7-11-19(16)33-24(17)29/h3-13H,2,14H2,1H3,(H,26,27). The van der Waals surface area contributed by atoms with Crippen LogP contribution in [0.25, 0.3) is 21.4 Å². The first-order valence-electron chi connectivity index (χ1n) is 10.3. The lowest BCUT2D eigenvalue weighted by Crippen LogP contribution is -2.24. The number of thiophene rings is 1. The summed E-state index contributed by atoms with van der Waals surface area (Å²) in [4.78, 5) is 50.3. The highest BCUT2D eigenvalue weighted by molar-refractivity contribution is 7.18. The fourth-order valence-electron chi connectivity index (χ4n) is 3.18. The zero-order valence-electron chi connectivity index (χ0n) is 18.0. The quantitative estimate of drug-likeness (QED) is 0.308. The van der Waals surface area contributed by atoms with Crippen molar-refractivity contribution in [2.45, 2.75) is 6.92 Å². The summed E-state index contributed by atoms with van der Waals surface area (Å²) >= 11 is 1.18. The molecule has 0 bridgehead atoms. The molecule has 4 rings (SSSR count). The number of anilines is 1. The lowest BCUT2D eigenvalue weighted by Gasteiger charge is -2.07. The fraction of sp³-hybridized carbons (Fsp3) is 0.120. The van der Waals surface area contributed by atoms with Crippen LogP contribution in [0.15, 0.2) is 75.9 Å². The van der Waals surface area contributed by atoms with Crippen LogP contribution in [0.1, 0.15) is 27.0 Å². The Morgan fingerprint density at radius 1 is 0.941 bits per heavy atom. The van der Waals surface area contributed by atoms with Gasteiger partial charge in [-0.2, -0.15) is 0 Å². The van der Waals surface area contributed by atoms with E-state index in [9.17, 15) is 19.2 Å². The first-order chi connectivity index (χ1) is 16.5. The maximum absolute atomic E-state index is 12.5. The number of nitrogens with one attached hydrogen (secondary N) is 1. The Kier molecular flexibility index (Phi) is 6.84. The molecule has 0 spiro atoms. The monoisotopic (exact) mass is 477 g/mol. The van der Waals surface area contributed by atoms with Crippen molar-refractivity contribution >= 4 is 45.8 Å². The minimum absolute atomic E-state index is 0.177. The summed E-state index contributed by atoms with van der Waals surface area (Å²) in [6, 6.07) is 19.1. The second-order valence-corrected chi connectivity index (χ2v) is 8.10. The molecule has 0 aliphatic heterocycles. The molecule has 2 heterocycles. The van der Waals surface area contributed by atoms with Gasteiger partial charge in [0.15, 0.2) is 6.61 Å². The van der Waals surface area contributed by atoms with E-state index in [0.29, 0.717) is 11.0 Å². The van der Waals surface area contributed by atoms with Crippen LogP contribution in [0.5, 0.6) is 0 Å². The van der Waals surface area contributed by atoms with E-state index in [1.54, 1.807) is 37.3 Å². The van der Waals surface area contributed by atoms with Crippen LogP contribution in [0, 0.1) is 0 Å². The highest BCUT2D eigenvalue weighted by Gasteiger charge is 2.21. The Bertz CT molecular complexity index is 1420. The van der Waals surface area contributed by atoms with Gasteiger partial charge in [0.25, 0.3) is 5.91 Å². The Hall–Kier alpha value is -4.24. The molecule has 0 fully saturated rings. The maximum Gasteiger partial charge on any atom is 0.351 e. The molecule has 0 atom stereocenters. The van der Waals surface area contributed by atoms with Gasteiger partial charge in [-0.3, -0.25) is 4.79 Å². The van der Waals surface area contributed by atoms with Gasteiger partial charge in [0.05, 0.1) is 12.3 Å². The van der Waals surface area contributed by atoms with E-state index in [0.717, 1.165) is 10.4 Å². The number of carbonyl (C=O) groups excluding carboxylic acids is 3. The SMILES string of the molecule is CCOC(=O)c1sc(-c2ccccc2)cc1NC(=O)COC(=O)c1cc2ccccc2oc1=O. The van der Waals surface area contributed by atoms with Crippen LogP contribution in [0.2, 0.25) is 0 Å². The number of esters is 2. The van der Waals surface area contributed by atoms with E-state index in [2.05, 4.69) is 5.32 Å². The summed E-state index contributed by atoms with van der Waals surface area (Å²) in [5, 5.41) is 3.13. The highest BCUT2D eigenvalue weighted by atomic mass is 32.1. The first kappa shape index (κ1) is 22.9. The lowest BCUT2D eigenvalue weighted by molar-refractivity contribution is -0.119. The molecule has 34 heavy (non-hydrogen) atoms. The number of hydrogen-bond donors (Lipinski definition) is 1. The van der Waals surface area contributed by atoms with Crippen LogP contribution in [-0.4, -0.2) is 31.1 Å². The van der Waals surface area contributed by atoms with Gasteiger partial charge in [0.2, 0.25) is 0 Å². The van der Waals surface area contributed by atoms with Gasteiger partial charge in [-0.05, 0) is 30.7 Å². The van der Waals surface area contributed by atoms with E-state index in [4.69, 9.17) is 13.9 Å². The van der Waals surface area contributed by atoms with E-state index in [1.165, 1.54) is 17.4 Å². The molecule has 172 valence electrons. The Morgan fingerprint density at radius 3 is 2.44 bits per heavy atom. The van der Waals surface area contributed by atoms with Crippen molar-refractivity contribution in [1.82, 2.24) is 0 Å². The van der Waals surface area contributed by atoms with Crippen molar-refractivity contribution in [1.29, 1.82) is 0 Å². The minimum Gasteiger partial charge on any atom is -0.462 e. The van der Waals surface area contributed by atoms with Gasteiger partial charge < -0.3 is 19.2 Å². The number of para-hydroxylation sites is 1. The van der Waals surface area contributed by atoms with Crippen LogP contribution in [0.4, 0.5) is 5.69 Å². The topological polar surface area (TPSA) is 112 Å². The molecule has 1 N–H and O–H groups in total. The predicted octanol–water partition coefficient (Wildman–Crippen LogP) is 4.49. The largest absolute Gasteiger partial charge is 0.462 e. The molecule has 0 aliphatic rings. The summed E-state index contributed by atoms with van der Waals surface area (Å²) in [7, 11) is 0. The number of hydrogen-bond acceptors (Lipinski definition) is 8. The van der Waals surface area contributed by atoms with Crippen molar-refractivity contribution < 1.29 is 28.3 Å². The van der Waals surface area contributed by atoms with Gasteiger partial charge in [-0.1, -0.05) is 48.5 Å². The average Bonchev–Trinajstić information content (AvgIpc) is 3.26. The number of fused-ring (bicyclic) bond motifs is 1. The molecule has 2 aromatic heterocycles. The second-order valence-electron chi connectivity index (χ2n) is 7.05. The molecular weight excluding hydrogens is 458 g/mol. The Balaban J connectivity index is 1.49. The van der Waals surface area contributed by atoms with Gasteiger partial charge in [0.1, 0.15) is 16.0 Å². The van der Waals surface area contributed by atoms with Crippen LogP contribution in [0.3, 0.4) is 0 Å². The van der Waals surface area contributed by atoms with E-state index >= 15 is 0 Å². The molecule has 0 unspecified atom stereocenters. The smallest absolute Gasteiger partial charge is 0.351 e. The maximum atomic E-state index is 12.5. The van der Waals surface area contributed by atoms with Crippen LogP contribution in [-0.2, 0) is 14.3 Å². The molecular formula is C25H19NO7S. The number of benzene rings is 2. The molecule has 0 saturated heterocycles. The third-order valence-corrected chi connectivity index (χ3v) is 5.89. The molecule has 9 heteroatoms. The third kappa shape index (κ3) is 5.05. The van der Waals surface area contributed by atoms with Crippen LogP contribution < -0.4 is 10.9 Å². The molecule has 0 aliphatic carbocycles. The average molecular weight is 477 g/mol. The van der Waals surface area contributed by atoms with Crippen molar-refractivity contribution in [2.24, 2.45) is 0 Å². The van der Waals surface area contributed by atoms with Crippen LogP contribution >= 0.6 is 11.3 Å². The van der Waals surface area contributed by atoms with E-state index in [1.807, 2.05) is 30.3 Å². The van der Waals surface area contributed by atoms with Crippen molar-refractivity contribution in [3.05, 3.63) is 87.6 Å². The Labute approximate surface area is 197 Å². The summed E-state index contributed by atoms with van der Waals surface area (Å²) in [5.41, 5.74) is 0.265. The molecule has 1 amide bonds. The number of ether oxygens (including phenoxy) is 2. The van der Waals surface area contributed by atoms with Crippen molar-refractivity contribution in [2.75, 3.05) is 18.5 Å². The minimum atomic E-state index is -0.990. The van der Waals surface area contributed by atoms with Gasteiger partial charge in [0, 0.05) is 10.3 Å². The molecule has 0 radical (unpaired) electrons. The fourth-order valence-corrected chi connectivity index (χ4v) is 4.19. The summed E-state index contributed by atoms with van der Waals surface area (Å²) < 4.78 is 15.2. The summed E-state index contributed by atoms with van der Waals surface area (Å²) in [5.74, 6) is -2.24. The zero-order chi connectivity index (χ0) is 24.1. The number of carbonyl (C=O) groups is 3. The predicted molar refractivity (Wildman–Crippen MR) is 127 cm³/mol. The number of rotatable bonds is 7. The number of amides is 1. The normalized spacial score (nSPS) is 10.6. The van der Waals surface area contributed by atoms with E-state index in [-0.39, 0.29) is 22.7 Å². The third-order valence-electron chi connectivity index (χ3n) is 4.72. The first-order valence-corrected chi connectivity index (χ1v) is 11.1. The molecule has 4 aromatic rings. The van der Waals surface area contributed by atoms with Gasteiger partial charge in [-0.15, -0.1) is 11.3 Å².